The number of hydrogen-bond acceptors (Lipinski definition) is 3. The third kappa shape index (κ3) is 1.63. The quantitative estimate of drug-likeness (QED) is 0.644. The molecule has 0 aromatic heterocycles. The summed E-state index contributed by atoms with van der Waals surface area (Å²) in [5.74, 6) is 0. The van der Waals surface area contributed by atoms with Crippen LogP contribution in [0.3, 0.4) is 0 Å². The third-order valence-corrected chi connectivity index (χ3v) is 3.09. The number of nitrogens with zero attached hydrogens (tertiary/aromatic N) is 2. The van der Waals surface area contributed by atoms with E-state index in [-0.39, 0.29) is 0 Å². The van der Waals surface area contributed by atoms with Crippen molar-refractivity contribution in [2.75, 3.05) is 40.0 Å². The summed E-state index contributed by atoms with van der Waals surface area (Å²) >= 11 is 0. The predicted molar refractivity (Wildman–Crippen MR) is 47.8 cm³/mol. The van der Waals surface area contributed by atoms with Crippen LogP contribution in [-0.4, -0.2) is 54.9 Å². The zero-order chi connectivity index (χ0) is 8.60. The lowest BCUT2D eigenvalue weighted by Crippen LogP contribution is -2.31. The van der Waals surface area contributed by atoms with Crippen LogP contribution >= 0.6 is 0 Å². The standard InChI is InChI=1S/C9H18N2O/c1-10-4-5-11(8-10)6-9(7-12)2-3-9/h12H,2-8H2,1H3. The van der Waals surface area contributed by atoms with Crippen LogP contribution in [0.1, 0.15) is 12.8 Å². The Balaban J connectivity index is 1.80. The fraction of sp³-hybridized carbons (Fsp3) is 1.00. The van der Waals surface area contributed by atoms with Crippen molar-refractivity contribution < 1.29 is 5.11 Å². The minimum Gasteiger partial charge on any atom is -0.396 e. The lowest BCUT2D eigenvalue weighted by molar-refractivity contribution is 0.153. The molecule has 0 spiro atoms. The van der Waals surface area contributed by atoms with Gasteiger partial charge in [0.15, 0.2) is 0 Å². The molecule has 1 saturated carbocycles. The van der Waals surface area contributed by atoms with Crippen molar-refractivity contribution in [3.63, 3.8) is 0 Å². The molecule has 2 aliphatic rings. The number of likely N-dealkylation sites (N-methyl/N-ethyl adjacent to an activating group) is 1. The highest BCUT2D eigenvalue weighted by Gasteiger charge is 2.43. The van der Waals surface area contributed by atoms with Crippen molar-refractivity contribution in [1.29, 1.82) is 0 Å². The molecule has 0 bridgehead atoms. The summed E-state index contributed by atoms with van der Waals surface area (Å²) in [6, 6.07) is 0. The molecule has 0 aromatic rings. The summed E-state index contributed by atoms with van der Waals surface area (Å²) < 4.78 is 0. The second kappa shape index (κ2) is 2.98. The van der Waals surface area contributed by atoms with Crippen LogP contribution < -0.4 is 0 Å². The van der Waals surface area contributed by atoms with Crippen molar-refractivity contribution in [1.82, 2.24) is 9.80 Å². The highest BCUT2D eigenvalue weighted by atomic mass is 16.3. The Hall–Kier alpha value is -0.120. The molecule has 1 saturated heterocycles. The van der Waals surface area contributed by atoms with Gasteiger partial charge in [-0.05, 0) is 19.9 Å². The first-order chi connectivity index (χ1) is 5.74. The average Bonchev–Trinajstić information content (AvgIpc) is 2.71. The first-order valence-electron chi connectivity index (χ1n) is 4.76. The van der Waals surface area contributed by atoms with Crippen molar-refractivity contribution in [2.24, 2.45) is 5.41 Å². The van der Waals surface area contributed by atoms with E-state index in [2.05, 4.69) is 16.8 Å². The average molecular weight is 170 g/mol. The molecule has 0 radical (unpaired) electrons. The summed E-state index contributed by atoms with van der Waals surface area (Å²) in [5, 5.41) is 9.14. The molecule has 0 aromatic carbocycles. The molecule has 1 heterocycles. The van der Waals surface area contributed by atoms with Crippen LogP contribution in [0.2, 0.25) is 0 Å². The van der Waals surface area contributed by atoms with Crippen molar-refractivity contribution >= 4 is 0 Å². The number of aliphatic hydroxyl groups excluding tert-OH is 1. The van der Waals surface area contributed by atoms with Gasteiger partial charge < -0.3 is 5.11 Å². The maximum Gasteiger partial charge on any atom is 0.0504 e. The number of aliphatic hydroxyl groups is 1. The summed E-state index contributed by atoms with van der Waals surface area (Å²) in [5.41, 5.74) is 0.297. The van der Waals surface area contributed by atoms with Crippen LogP contribution in [0, 0.1) is 5.41 Å². The van der Waals surface area contributed by atoms with E-state index >= 15 is 0 Å². The molecule has 1 aliphatic carbocycles. The normalized spacial score (nSPS) is 29.5. The Bertz CT molecular complexity index is 168. The Morgan fingerprint density at radius 3 is 2.50 bits per heavy atom. The molecule has 1 aliphatic heterocycles. The topological polar surface area (TPSA) is 26.7 Å². The first kappa shape index (κ1) is 8.48. The van der Waals surface area contributed by atoms with Gasteiger partial charge in [0.2, 0.25) is 0 Å². The summed E-state index contributed by atoms with van der Waals surface area (Å²) in [7, 11) is 2.15. The van der Waals surface area contributed by atoms with E-state index in [0.29, 0.717) is 12.0 Å². The van der Waals surface area contributed by atoms with Crippen molar-refractivity contribution in [3.05, 3.63) is 0 Å². The predicted octanol–water partition coefficient (Wildman–Crippen LogP) is -0.0362. The van der Waals surface area contributed by atoms with Gasteiger partial charge in [-0.15, -0.1) is 0 Å². The molecule has 3 nitrogen and oxygen atoms in total. The zero-order valence-corrected chi connectivity index (χ0v) is 7.79. The Labute approximate surface area is 74.0 Å². The van der Waals surface area contributed by atoms with E-state index in [0.717, 1.165) is 13.2 Å². The molecule has 70 valence electrons. The highest BCUT2D eigenvalue weighted by molar-refractivity contribution is 4.95. The van der Waals surface area contributed by atoms with E-state index < -0.39 is 0 Å². The molecular formula is C9H18N2O. The Morgan fingerprint density at radius 1 is 1.33 bits per heavy atom. The van der Waals surface area contributed by atoms with Gasteiger partial charge >= 0.3 is 0 Å². The first-order valence-corrected chi connectivity index (χ1v) is 4.76. The Kier molecular flexibility index (Phi) is 2.10. The summed E-state index contributed by atoms with van der Waals surface area (Å²) in [6.07, 6.45) is 2.45. The van der Waals surface area contributed by atoms with Gasteiger partial charge in [-0.1, -0.05) is 0 Å². The second-order valence-electron chi connectivity index (χ2n) is 4.43. The lowest BCUT2D eigenvalue weighted by Gasteiger charge is -2.20. The molecule has 12 heavy (non-hydrogen) atoms. The van der Waals surface area contributed by atoms with Crippen molar-refractivity contribution in [3.8, 4) is 0 Å². The zero-order valence-electron chi connectivity index (χ0n) is 7.79. The SMILES string of the molecule is CN1CCN(CC2(CO)CC2)C1. The van der Waals surface area contributed by atoms with Gasteiger partial charge in [-0.2, -0.15) is 0 Å². The minimum atomic E-state index is 0.297. The van der Waals surface area contributed by atoms with Crippen LogP contribution in [-0.2, 0) is 0 Å². The summed E-state index contributed by atoms with van der Waals surface area (Å²) in [6.45, 7) is 4.93. The van der Waals surface area contributed by atoms with Crippen molar-refractivity contribution in [2.45, 2.75) is 12.8 Å². The van der Waals surface area contributed by atoms with E-state index in [9.17, 15) is 0 Å². The van der Waals surface area contributed by atoms with Crippen LogP contribution in [0.15, 0.2) is 0 Å². The lowest BCUT2D eigenvalue weighted by atomic mass is 10.1. The van der Waals surface area contributed by atoms with E-state index in [4.69, 9.17) is 5.11 Å². The van der Waals surface area contributed by atoms with Gasteiger partial charge in [0.1, 0.15) is 0 Å². The van der Waals surface area contributed by atoms with Gasteiger partial charge in [-0.3, -0.25) is 9.80 Å². The van der Waals surface area contributed by atoms with Gasteiger partial charge in [0, 0.05) is 31.7 Å². The van der Waals surface area contributed by atoms with Gasteiger partial charge in [0.25, 0.3) is 0 Å². The fourth-order valence-electron chi connectivity index (χ4n) is 1.94. The van der Waals surface area contributed by atoms with Gasteiger partial charge in [-0.25, -0.2) is 0 Å². The van der Waals surface area contributed by atoms with E-state index in [1.807, 2.05) is 0 Å². The molecule has 2 fully saturated rings. The third-order valence-electron chi connectivity index (χ3n) is 3.09. The fourth-order valence-corrected chi connectivity index (χ4v) is 1.94. The van der Waals surface area contributed by atoms with Crippen LogP contribution in [0.4, 0.5) is 0 Å². The molecule has 0 unspecified atom stereocenters. The second-order valence-corrected chi connectivity index (χ2v) is 4.43. The molecule has 2 rings (SSSR count). The molecular weight excluding hydrogens is 152 g/mol. The highest BCUT2D eigenvalue weighted by Crippen LogP contribution is 2.45. The Morgan fingerprint density at radius 2 is 2.08 bits per heavy atom. The van der Waals surface area contributed by atoms with Crippen LogP contribution in [0.5, 0.6) is 0 Å². The minimum absolute atomic E-state index is 0.297. The molecule has 3 heteroatoms. The molecule has 0 amide bonds. The largest absolute Gasteiger partial charge is 0.396 e. The number of hydrogen-bond donors (Lipinski definition) is 1. The maximum atomic E-state index is 9.14. The summed E-state index contributed by atoms with van der Waals surface area (Å²) in [4.78, 5) is 4.77. The monoisotopic (exact) mass is 170 g/mol. The van der Waals surface area contributed by atoms with Gasteiger partial charge in [0.05, 0.1) is 6.67 Å². The number of rotatable bonds is 3. The van der Waals surface area contributed by atoms with Crippen LogP contribution in [0.25, 0.3) is 0 Å². The van der Waals surface area contributed by atoms with E-state index in [1.54, 1.807) is 0 Å². The maximum absolute atomic E-state index is 9.14. The van der Waals surface area contributed by atoms with E-state index in [1.165, 1.54) is 25.9 Å². The molecule has 1 N–H and O–H groups in total. The smallest absolute Gasteiger partial charge is 0.0504 e. The molecule has 0 atom stereocenters.